The van der Waals surface area contributed by atoms with E-state index in [0.717, 1.165) is 25.5 Å². The van der Waals surface area contributed by atoms with Crippen molar-refractivity contribution < 1.29 is 4.74 Å². The first-order valence-corrected chi connectivity index (χ1v) is 6.84. The number of hydrogen-bond donors (Lipinski definition) is 2. The quantitative estimate of drug-likeness (QED) is 0.582. The van der Waals surface area contributed by atoms with Gasteiger partial charge in [0.15, 0.2) is 5.96 Å². The van der Waals surface area contributed by atoms with Crippen LogP contribution in [-0.2, 0) is 11.2 Å². The fraction of sp³-hybridized carbons (Fsp3) is 0.533. The average Bonchev–Trinajstić information content (AvgIpc) is 2.40. The predicted octanol–water partition coefficient (Wildman–Crippen LogP) is 1.82. The van der Waals surface area contributed by atoms with Gasteiger partial charge in [-0.1, -0.05) is 30.3 Å². The molecule has 0 amide bonds. The molecule has 0 spiro atoms. The number of nitrogens with one attached hydrogen (secondary N) is 2. The summed E-state index contributed by atoms with van der Waals surface area (Å²) < 4.78 is 5.11. The van der Waals surface area contributed by atoms with Crippen molar-refractivity contribution >= 4 is 5.96 Å². The van der Waals surface area contributed by atoms with Crippen LogP contribution in [0.25, 0.3) is 0 Å². The highest BCUT2D eigenvalue weighted by molar-refractivity contribution is 5.80. The minimum atomic E-state index is 0.250. The molecule has 1 rings (SSSR count). The van der Waals surface area contributed by atoms with Gasteiger partial charge < -0.3 is 15.4 Å². The number of ether oxygens (including phenoxy) is 1. The van der Waals surface area contributed by atoms with Crippen LogP contribution >= 0.6 is 0 Å². The van der Waals surface area contributed by atoms with Gasteiger partial charge in [0, 0.05) is 26.2 Å². The largest absolute Gasteiger partial charge is 0.383 e. The highest BCUT2D eigenvalue weighted by Gasteiger charge is 2.03. The molecule has 0 saturated heterocycles. The number of rotatable bonds is 7. The van der Waals surface area contributed by atoms with Crippen LogP contribution in [-0.4, -0.2) is 38.8 Å². The van der Waals surface area contributed by atoms with Crippen molar-refractivity contribution in [2.45, 2.75) is 26.3 Å². The van der Waals surface area contributed by atoms with Crippen molar-refractivity contribution in [2.24, 2.45) is 4.99 Å². The third-order valence-corrected chi connectivity index (χ3v) is 2.66. The van der Waals surface area contributed by atoms with Crippen LogP contribution in [0, 0.1) is 0 Å². The van der Waals surface area contributed by atoms with Gasteiger partial charge in [-0.15, -0.1) is 0 Å². The average molecular weight is 263 g/mol. The van der Waals surface area contributed by atoms with E-state index in [1.54, 1.807) is 7.11 Å². The third-order valence-electron chi connectivity index (χ3n) is 2.66. The molecular weight excluding hydrogens is 238 g/mol. The summed E-state index contributed by atoms with van der Waals surface area (Å²) in [6.07, 6.45) is 0.954. The lowest BCUT2D eigenvalue weighted by Gasteiger charge is -2.16. The number of benzene rings is 1. The Morgan fingerprint density at radius 2 is 2.05 bits per heavy atom. The summed E-state index contributed by atoms with van der Waals surface area (Å²) in [6, 6.07) is 10.7. The van der Waals surface area contributed by atoms with E-state index in [0.29, 0.717) is 6.61 Å². The Bertz CT molecular complexity index is 365. The Kier molecular flexibility index (Phi) is 7.66. The van der Waals surface area contributed by atoms with E-state index in [1.165, 1.54) is 5.56 Å². The summed E-state index contributed by atoms with van der Waals surface area (Å²) in [5.74, 6) is 0.850. The lowest BCUT2D eigenvalue weighted by atomic mass is 10.2. The molecular formula is C15H25N3O. The summed E-state index contributed by atoms with van der Waals surface area (Å²) in [5, 5.41) is 6.56. The summed E-state index contributed by atoms with van der Waals surface area (Å²) in [5.41, 5.74) is 1.31. The Morgan fingerprint density at radius 3 is 2.68 bits per heavy atom. The first-order valence-electron chi connectivity index (χ1n) is 6.84. The summed E-state index contributed by atoms with van der Waals surface area (Å²) in [4.78, 5) is 4.57. The second kappa shape index (κ2) is 9.39. The first kappa shape index (κ1) is 15.5. The molecule has 0 aromatic heterocycles. The molecule has 4 heteroatoms. The molecule has 106 valence electrons. The van der Waals surface area contributed by atoms with Gasteiger partial charge in [-0.25, -0.2) is 0 Å². The molecule has 19 heavy (non-hydrogen) atoms. The van der Waals surface area contributed by atoms with Crippen molar-refractivity contribution in [2.75, 3.05) is 26.8 Å². The highest BCUT2D eigenvalue weighted by Crippen LogP contribution is 1.99. The number of aliphatic imine (C=N–C) groups is 1. The molecule has 1 aromatic carbocycles. The number of nitrogens with zero attached hydrogens (tertiary/aromatic N) is 1. The van der Waals surface area contributed by atoms with Crippen LogP contribution in [0.4, 0.5) is 0 Å². The molecule has 1 unspecified atom stereocenters. The maximum absolute atomic E-state index is 5.11. The summed E-state index contributed by atoms with van der Waals surface area (Å²) in [7, 11) is 1.71. The van der Waals surface area contributed by atoms with Crippen molar-refractivity contribution in [1.29, 1.82) is 0 Å². The number of guanidine groups is 1. The minimum absolute atomic E-state index is 0.250. The van der Waals surface area contributed by atoms with Crippen LogP contribution in [0.1, 0.15) is 19.4 Å². The molecule has 4 nitrogen and oxygen atoms in total. The molecule has 0 radical (unpaired) electrons. The first-order chi connectivity index (χ1) is 9.26. The van der Waals surface area contributed by atoms with Gasteiger partial charge in [-0.3, -0.25) is 4.99 Å². The monoisotopic (exact) mass is 263 g/mol. The van der Waals surface area contributed by atoms with Gasteiger partial charge in [-0.2, -0.15) is 0 Å². The molecule has 0 saturated carbocycles. The summed E-state index contributed by atoms with van der Waals surface area (Å²) >= 11 is 0. The fourth-order valence-electron chi connectivity index (χ4n) is 1.79. The normalized spacial score (nSPS) is 13.1. The minimum Gasteiger partial charge on any atom is -0.383 e. The van der Waals surface area contributed by atoms with Crippen molar-refractivity contribution in [1.82, 2.24) is 10.6 Å². The Morgan fingerprint density at radius 1 is 1.32 bits per heavy atom. The van der Waals surface area contributed by atoms with Gasteiger partial charge in [0.1, 0.15) is 0 Å². The SMILES string of the molecule is CCNC(=NCCc1ccccc1)NC(C)COC. The van der Waals surface area contributed by atoms with E-state index >= 15 is 0 Å². The topological polar surface area (TPSA) is 45.7 Å². The number of hydrogen-bond acceptors (Lipinski definition) is 2. The number of methoxy groups -OCH3 is 1. The Labute approximate surface area is 116 Å². The standard InChI is InChI=1S/C15H25N3O/c1-4-16-15(18-13(2)12-19-3)17-11-10-14-8-6-5-7-9-14/h5-9,13H,4,10-12H2,1-3H3,(H2,16,17,18). The van der Waals surface area contributed by atoms with Crippen molar-refractivity contribution in [3.63, 3.8) is 0 Å². The third kappa shape index (κ3) is 6.82. The predicted molar refractivity (Wildman–Crippen MR) is 80.6 cm³/mol. The Hall–Kier alpha value is -1.55. The van der Waals surface area contributed by atoms with E-state index in [4.69, 9.17) is 4.74 Å². The maximum atomic E-state index is 5.11. The lowest BCUT2D eigenvalue weighted by molar-refractivity contribution is 0.179. The zero-order valence-electron chi connectivity index (χ0n) is 12.1. The smallest absolute Gasteiger partial charge is 0.191 e. The fourth-order valence-corrected chi connectivity index (χ4v) is 1.79. The Balaban J connectivity index is 2.44. The molecule has 0 aliphatic rings. The van der Waals surface area contributed by atoms with Crippen molar-refractivity contribution in [3.8, 4) is 0 Å². The van der Waals surface area contributed by atoms with Gasteiger partial charge in [-0.05, 0) is 25.8 Å². The second-order valence-electron chi connectivity index (χ2n) is 4.50. The second-order valence-corrected chi connectivity index (χ2v) is 4.50. The van der Waals surface area contributed by atoms with E-state index in [-0.39, 0.29) is 6.04 Å². The maximum Gasteiger partial charge on any atom is 0.191 e. The van der Waals surface area contributed by atoms with E-state index in [9.17, 15) is 0 Å². The van der Waals surface area contributed by atoms with E-state index in [2.05, 4.69) is 53.7 Å². The molecule has 0 fully saturated rings. The molecule has 1 aromatic rings. The highest BCUT2D eigenvalue weighted by atomic mass is 16.5. The van der Waals surface area contributed by atoms with Gasteiger partial charge in [0.2, 0.25) is 0 Å². The van der Waals surface area contributed by atoms with Gasteiger partial charge >= 0.3 is 0 Å². The van der Waals surface area contributed by atoms with Crippen LogP contribution in [0.2, 0.25) is 0 Å². The van der Waals surface area contributed by atoms with Crippen LogP contribution in [0.15, 0.2) is 35.3 Å². The summed E-state index contributed by atoms with van der Waals surface area (Å²) in [6.45, 7) is 6.45. The molecule has 2 N–H and O–H groups in total. The molecule has 0 bridgehead atoms. The zero-order valence-corrected chi connectivity index (χ0v) is 12.1. The van der Waals surface area contributed by atoms with Crippen molar-refractivity contribution in [3.05, 3.63) is 35.9 Å². The van der Waals surface area contributed by atoms with Gasteiger partial charge in [0.05, 0.1) is 6.61 Å². The van der Waals surface area contributed by atoms with Crippen LogP contribution in [0.5, 0.6) is 0 Å². The van der Waals surface area contributed by atoms with Gasteiger partial charge in [0.25, 0.3) is 0 Å². The molecule has 0 aliphatic carbocycles. The molecule has 0 aliphatic heterocycles. The van der Waals surface area contributed by atoms with E-state index in [1.807, 2.05) is 6.07 Å². The lowest BCUT2D eigenvalue weighted by Crippen LogP contribution is -2.44. The zero-order chi connectivity index (χ0) is 13.9. The van der Waals surface area contributed by atoms with E-state index < -0.39 is 0 Å². The van der Waals surface area contributed by atoms with Crippen LogP contribution in [0.3, 0.4) is 0 Å². The van der Waals surface area contributed by atoms with Crippen LogP contribution < -0.4 is 10.6 Å². The molecule has 0 heterocycles. The molecule has 1 atom stereocenters.